The van der Waals surface area contributed by atoms with E-state index in [4.69, 9.17) is 9.84 Å². The topological polar surface area (TPSA) is 95.9 Å². The molecular formula is C13H16N2O5. The van der Waals surface area contributed by atoms with Gasteiger partial charge in [0.1, 0.15) is 12.3 Å². The van der Waals surface area contributed by atoms with E-state index in [1.165, 1.54) is 11.0 Å². The Labute approximate surface area is 116 Å². The molecule has 0 aromatic heterocycles. The number of amides is 2. The second kappa shape index (κ2) is 7.13. The highest BCUT2D eigenvalue weighted by Gasteiger charge is 2.14. The molecule has 0 radical (unpaired) electrons. The molecule has 1 aromatic carbocycles. The van der Waals surface area contributed by atoms with Gasteiger partial charge in [0.2, 0.25) is 0 Å². The summed E-state index contributed by atoms with van der Waals surface area (Å²) in [6.07, 6.45) is 0. The van der Waals surface area contributed by atoms with Gasteiger partial charge < -0.3 is 20.1 Å². The van der Waals surface area contributed by atoms with Gasteiger partial charge in [-0.1, -0.05) is 12.1 Å². The lowest BCUT2D eigenvalue weighted by Gasteiger charge is -2.13. The molecule has 0 aliphatic carbocycles. The van der Waals surface area contributed by atoms with E-state index in [0.29, 0.717) is 0 Å². The lowest BCUT2D eigenvalue weighted by Crippen LogP contribution is -2.30. The Balaban J connectivity index is 2.75. The number of carbonyl (C=O) groups is 3. The van der Waals surface area contributed by atoms with Crippen molar-refractivity contribution in [3.05, 3.63) is 29.8 Å². The monoisotopic (exact) mass is 280 g/mol. The van der Waals surface area contributed by atoms with Crippen molar-refractivity contribution < 1.29 is 24.2 Å². The third-order valence-electron chi connectivity index (χ3n) is 2.38. The Bertz CT molecular complexity index is 513. The summed E-state index contributed by atoms with van der Waals surface area (Å²) < 4.78 is 5.29. The van der Waals surface area contributed by atoms with Gasteiger partial charge in [0.15, 0.2) is 6.61 Å². The van der Waals surface area contributed by atoms with Gasteiger partial charge in [-0.2, -0.15) is 0 Å². The molecule has 0 saturated carbocycles. The summed E-state index contributed by atoms with van der Waals surface area (Å²) in [6, 6.07) is 6.31. The van der Waals surface area contributed by atoms with Gasteiger partial charge in [0, 0.05) is 14.1 Å². The lowest BCUT2D eigenvalue weighted by molar-refractivity contribution is -0.135. The SMILES string of the molecule is CN(C)C(=O)COc1ccccc1C(=O)NCC(=O)O. The average molecular weight is 280 g/mol. The van der Waals surface area contributed by atoms with E-state index >= 15 is 0 Å². The molecule has 7 heteroatoms. The van der Waals surface area contributed by atoms with Gasteiger partial charge in [0.25, 0.3) is 11.8 Å². The largest absolute Gasteiger partial charge is 0.483 e. The first kappa shape index (κ1) is 15.5. The minimum atomic E-state index is -1.14. The molecule has 1 aromatic rings. The van der Waals surface area contributed by atoms with Crippen LogP contribution in [0.1, 0.15) is 10.4 Å². The van der Waals surface area contributed by atoms with E-state index in [2.05, 4.69) is 5.32 Å². The molecule has 0 aliphatic rings. The first-order valence-electron chi connectivity index (χ1n) is 5.83. The normalized spacial score (nSPS) is 9.70. The zero-order valence-electron chi connectivity index (χ0n) is 11.3. The van der Waals surface area contributed by atoms with Crippen LogP contribution in [0.25, 0.3) is 0 Å². The van der Waals surface area contributed by atoms with Crippen LogP contribution in [-0.4, -0.2) is 55.0 Å². The van der Waals surface area contributed by atoms with E-state index in [9.17, 15) is 14.4 Å². The molecule has 2 N–H and O–H groups in total. The Kier molecular flexibility index (Phi) is 5.52. The average Bonchev–Trinajstić information content (AvgIpc) is 2.42. The minimum absolute atomic E-state index is 0.181. The van der Waals surface area contributed by atoms with E-state index in [0.717, 1.165) is 0 Å². The summed E-state index contributed by atoms with van der Waals surface area (Å²) in [7, 11) is 3.19. The number of para-hydroxylation sites is 1. The molecule has 20 heavy (non-hydrogen) atoms. The van der Waals surface area contributed by atoms with Crippen LogP contribution in [0.4, 0.5) is 0 Å². The van der Waals surface area contributed by atoms with Crippen molar-refractivity contribution >= 4 is 17.8 Å². The number of carboxylic acids is 1. The Morgan fingerprint density at radius 1 is 1.25 bits per heavy atom. The molecule has 0 fully saturated rings. The first-order valence-corrected chi connectivity index (χ1v) is 5.83. The molecule has 0 aliphatic heterocycles. The third kappa shape index (κ3) is 4.60. The second-order valence-electron chi connectivity index (χ2n) is 4.15. The maximum atomic E-state index is 11.8. The summed E-state index contributed by atoms with van der Waals surface area (Å²) in [5.41, 5.74) is 0.181. The van der Waals surface area contributed by atoms with Crippen LogP contribution < -0.4 is 10.1 Å². The predicted molar refractivity (Wildman–Crippen MR) is 70.6 cm³/mol. The molecule has 0 heterocycles. The van der Waals surface area contributed by atoms with Crippen LogP contribution in [0.5, 0.6) is 5.75 Å². The van der Waals surface area contributed by atoms with Crippen LogP contribution in [0, 0.1) is 0 Å². The van der Waals surface area contributed by atoms with E-state index < -0.39 is 18.4 Å². The Morgan fingerprint density at radius 3 is 2.50 bits per heavy atom. The van der Waals surface area contributed by atoms with Gasteiger partial charge in [0.05, 0.1) is 5.56 Å². The molecule has 108 valence electrons. The quantitative estimate of drug-likeness (QED) is 0.762. The Morgan fingerprint density at radius 2 is 1.90 bits per heavy atom. The number of carboxylic acid groups (broad SMARTS) is 1. The van der Waals surface area contributed by atoms with Crippen LogP contribution in [-0.2, 0) is 9.59 Å². The highest BCUT2D eigenvalue weighted by atomic mass is 16.5. The van der Waals surface area contributed by atoms with Crippen molar-refractivity contribution in [3.63, 3.8) is 0 Å². The smallest absolute Gasteiger partial charge is 0.322 e. The fourth-order valence-corrected chi connectivity index (χ4v) is 1.30. The highest BCUT2D eigenvalue weighted by Crippen LogP contribution is 2.17. The highest BCUT2D eigenvalue weighted by molar-refractivity contribution is 5.98. The summed E-state index contributed by atoms with van der Waals surface area (Å²) in [6.45, 7) is -0.681. The summed E-state index contributed by atoms with van der Waals surface area (Å²) in [5, 5.41) is 10.8. The van der Waals surface area contributed by atoms with E-state index in [1.54, 1.807) is 32.3 Å². The van der Waals surface area contributed by atoms with Gasteiger partial charge in [-0.05, 0) is 12.1 Å². The number of hydrogen-bond donors (Lipinski definition) is 2. The lowest BCUT2D eigenvalue weighted by atomic mass is 10.2. The number of hydrogen-bond acceptors (Lipinski definition) is 4. The number of ether oxygens (including phenoxy) is 1. The fraction of sp³-hybridized carbons (Fsp3) is 0.308. The first-order chi connectivity index (χ1) is 9.41. The van der Waals surface area contributed by atoms with Crippen molar-refractivity contribution in [2.75, 3.05) is 27.2 Å². The Hall–Kier alpha value is -2.57. The van der Waals surface area contributed by atoms with Crippen molar-refractivity contribution in [3.8, 4) is 5.75 Å². The van der Waals surface area contributed by atoms with Gasteiger partial charge >= 0.3 is 5.97 Å². The summed E-state index contributed by atoms with van der Waals surface area (Å²) in [5.74, 6) is -1.73. The third-order valence-corrected chi connectivity index (χ3v) is 2.38. The van der Waals surface area contributed by atoms with Crippen LogP contribution in [0.3, 0.4) is 0 Å². The van der Waals surface area contributed by atoms with Gasteiger partial charge in [-0.15, -0.1) is 0 Å². The second-order valence-corrected chi connectivity index (χ2v) is 4.15. The van der Waals surface area contributed by atoms with Crippen LogP contribution in [0.2, 0.25) is 0 Å². The maximum absolute atomic E-state index is 11.8. The van der Waals surface area contributed by atoms with Gasteiger partial charge in [-0.25, -0.2) is 0 Å². The number of nitrogens with zero attached hydrogens (tertiary/aromatic N) is 1. The molecule has 0 bridgehead atoms. The number of aliphatic carboxylic acids is 1. The van der Waals surface area contributed by atoms with Crippen LogP contribution in [0.15, 0.2) is 24.3 Å². The zero-order valence-corrected chi connectivity index (χ0v) is 11.3. The number of benzene rings is 1. The van der Waals surface area contributed by atoms with E-state index in [-0.39, 0.29) is 23.8 Å². The number of likely N-dealkylation sites (N-methyl/N-ethyl adjacent to an activating group) is 1. The summed E-state index contributed by atoms with van der Waals surface area (Å²) in [4.78, 5) is 35.0. The summed E-state index contributed by atoms with van der Waals surface area (Å²) >= 11 is 0. The number of carbonyl (C=O) groups excluding carboxylic acids is 2. The molecular weight excluding hydrogens is 264 g/mol. The zero-order chi connectivity index (χ0) is 15.1. The van der Waals surface area contributed by atoms with Crippen molar-refractivity contribution in [2.24, 2.45) is 0 Å². The fourth-order valence-electron chi connectivity index (χ4n) is 1.30. The molecule has 0 atom stereocenters. The molecule has 0 spiro atoms. The molecule has 7 nitrogen and oxygen atoms in total. The minimum Gasteiger partial charge on any atom is -0.483 e. The van der Waals surface area contributed by atoms with Crippen molar-refractivity contribution in [1.29, 1.82) is 0 Å². The molecule has 2 amide bonds. The number of rotatable bonds is 6. The molecule has 0 unspecified atom stereocenters. The molecule has 0 saturated heterocycles. The van der Waals surface area contributed by atoms with Crippen molar-refractivity contribution in [2.45, 2.75) is 0 Å². The van der Waals surface area contributed by atoms with Gasteiger partial charge in [-0.3, -0.25) is 14.4 Å². The van der Waals surface area contributed by atoms with Crippen LogP contribution >= 0.6 is 0 Å². The predicted octanol–water partition coefficient (Wildman–Crippen LogP) is -0.0320. The van der Waals surface area contributed by atoms with Crippen molar-refractivity contribution in [1.82, 2.24) is 10.2 Å². The molecule has 1 rings (SSSR count). The van der Waals surface area contributed by atoms with E-state index in [1.807, 2.05) is 0 Å². The number of nitrogens with one attached hydrogen (secondary N) is 1. The standard InChI is InChI=1S/C13H16N2O5/c1-15(2)11(16)8-20-10-6-4-3-5-9(10)13(19)14-7-12(17)18/h3-6H,7-8H2,1-2H3,(H,14,19)(H,17,18). The maximum Gasteiger partial charge on any atom is 0.322 e.